The molecule has 2 aliphatic heterocycles. The molecular weight excluding hydrogens is 450 g/mol. The maximum Gasteiger partial charge on any atom is 0.219 e. The first kappa shape index (κ1) is 24.2. The fraction of sp³-hybridized carbons (Fsp3) is 0.429. The lowest BCUT2D eigenvalue weighted by Gasteiger charge is -2.43. The number of hydrogen-bond acceptors (Lipinski definition) is 6. The van der Waals surface area contributed by atoms with E-state index in [0.29, 0.717) is 6.04 Å². The van der Waals surface area contributed by atoms with Gasteiger partial charge < -0.3 is 9.80 Å². The van der Waals surface area contributed by atoms with Crippen LogP contribution in [0.25, 0.3) is 28.2 Å². The summed E-state index contributed by atoms with van der Waals surface area (Å²) in [6.45, 7) is 15.5. The van der Waals surface area contributed by atoms with Gasteiger partial charge in [0.2, 0.25) is 5.91 Å². The zero-order chi connectivity index (χ0) is 25.2. The predicted molar refractivity (Wildman–Crippen MR) is 145 cm³/mol. The fourth-order valence-corrected chi connectivity index (χ4v) is 5.57. The average Bonchev–Trinajstić information content (AvgIpc) is 3.30. The number of fused-ring (bicyclic) bond motifs is 1. The van der Waals surface area contributed by atoms with Gasteiger partial charge in [-0.1, -0.05) is 18.2 Å². The molecule has 36 heavy (non-hydrogen) atoms. The number of carbonyl (C=O) groups excluding carboxylic acids is 1. The number of likely N-dealkylation sites (tertiary alicyclic amines) is 1. The van der Waals surface area contributed by atoms with Gasteiger partial charge in [0.05, 0.1) is 11.7 Å². The van der Waals surface area contributed by atoms with Gasteiger partial charge in [0, 0.05) is 80.8 Å². The minimum absolute atomic E-state index is 0.196. The second kappa shape index (κ2) is 10.2. The molecule has 0 spiro atoms. The molecule has 8 heteroatoms. The molecule has 0 radical (unpaired) electrons. The predicted octanol–water partition coefficient (Wildman–Crippen LogP) is 4.19. The standard InChI is InChI=1S/C28H35N7O/c1-20-17-25(24-7-5-6-8-27(24)31-20)26-18-30-35(28(26)29-4)19-21(2)32-13-15-34(16-14-32)23-9-11-33(12-10-23)22(3)36/h5-8,17-19,23H,4,9-16H2,1-3H3/b21-19+. The molecule has 2 saturated heterocycles. The van der Waals surface area contributed by atoms with Gasteiger partial charge in [0.15, 0.2) is 5.82 Å². The third-order valence-corrected chi connectivity index (χ3v) is 7.60. The van der Waals surface area contributed by atoms with E-state index in [0.717, 1.165) is 91.3 Å². The van der Waals surface area contributed by atoms with Gasteiger partial charge >= 0.3 is 0 Å². The van der Waals surface area contributed by atoms with Crippen molar-refractivity contribution in [2.24, 2.45) is 4.99 Å². The number of para-hydroxylation sites is 1. The highest BCUT2D eigenvalue weighted by molar-refractivity contribution is 5.97. The van der Waals surface area contributed by atoms with E-state index in [-0.39, 0.29) is 5.91 Å². The Morgan fingerprint density at radius 1 is 1.03 bits per heavy atom. The highest BCUT2D eigenvalue weighted by atomic mass is 16.2. The number of hydrogen-bond donors (Lipinski definition) is 0. The lowest BCUT2D eigenvalue weighted by atomic mass is 10.0. The number of aromatic nitrogens is 3. The second-order valence-electron chi connectivity index (χ2n) is 9.84. The Kier molecular flexibility index (Phi) is 6.87. The van der Waals surface area contributed by atoms with Gasteiger partial charge in [-0.25, -0.2) is 9.67 Å². The summed E-state index contributed by atoms with van der Waals surface area (Å²) < 4.78 is 1.84. The van der Waals surface area contributed by atoms with Crippen LogP contribution in [-0.4, -0.2) is 87.4 Å². The number of piperidine rings is 1. The van der Waals surface area contributed by atoms with Crippen LogP contribution in [0.2, 0.25) is 0 Å². The van der Waals surface area contributed by atoms with E-state index < -0.39 is 0 Å². The smallest absolute Gasteiger partial charge is 0.219 e. The van der Waals surface area contributed by atoms with Crippen molar-refractivity contribution in [2.45, 2.75) is 39.7 Å². The Morgan fingerprint density at radius 2 is 1.75 bits per heavy atom. The van der Waals surface area contributed by atoms with Crippen LogP contribution in [0.1, 0.15) is 32.4 Å². The van der Waals surface area contributed by atoms with Crippen LogP contribution in [0.15, 0.2) is 47.2 Å². The fourth-order valence-electron chi connectivity index (χ4n) is 5.57. The molecule has 0 bridgehead atoms. The Hall–Kier alpha value is -3.52. The zero-order valence-corrected chi connectivity index (χ0v) is 21.5. The number of benzene rings is 1. The SMILES string of the molecule is C=Nc1c(-c2cc(C)nc3ccccc23)cnn1/C=C(\C)N1CCN(C2CCN(C(C)=O)CC2)CC1. The van der Waals surface area contributed by atoms with Gasteiger partial charge in [-0.3, -0.25) is 14.7 Å². The molecular formula is C28H35N7O. The average molecular weight is 486 g/mol. The Morgan fingerprint density at radius 3 is 2.44 bits per heavy atom. The minimum Gasteiger partial charge on any atom is -0.371 e. The summed E-state index contributed by atoms with van der Waals surface area (Å²) in [7, 11) is 0. The lowest BCUT2D eigenvalue weighted by molar-refractivity contribution is -0.130. The number of piperazine rings is 1. The normalized spacial score (nSPS) is 18.1. The van der Waals surface area contributed by atoms with Gasteiger partial charge in [-0.2, -0.15) is 5.10 Å². The molecule has 0 atom stereocenters. The molecule has 4 heterocycles. The second-order valence-corrected chi connectivity index (χ2v) is 9.84. The monoisotopic (exact) mass is 485 g/mol. The Labute approximate surface area is 212 Å². The van der Waals surface area contributed by atoms with Crippen molar-refractivity contribution in [1.82, 2.24) is 29.5 Å². The molecule has 0 N–H and O–H groups in total. The molecule has 2 aliphatic rings. The van der Waals surface area contributed by atoms with Crippen LogP contribution in [0, 0.1) is 6.92 Å². The van der Waals surface area contributed by atoms with Crippen molar-refractivity contribution in [1.29, 1.82) is 0 Å². The summed E-state index contributed by atoms with van der Waals surface area (Å²) in [5.74, 6) is 0.933. The number of aliphatic imine (C=N–C) groups is 1. The zero-order valence-electron chi connectivity index (χ0n) is 21.5. The summed E-state index contributed by atoms with van der Waals surface area (Å²) in [4.78, 5) is 27.7. The first-order valence-electron chi connectivity index (χ1n) is 12.8. The van der Waals surface area contributed by atoms with Crippen LogP contribution in [0.5, 0.6) is 0 Å². The number of pyridine rings is 1. The topological polar surface area (TPSA) is 69.9 Å². The molecule has 3 aromatic rings. The Bertz CT molecular complexity index is 1290. The van der Waals surface area contributed by atoms with E-state index in [2.05, 4.69) is 56.8 Å². The summed E-state index contributed by atoms with van der Waals surface area (Å²) in [5, 5.41) is 5.74. The first-order valence-corrected chi connectivity index (χ1v) is 12.8. The van der Waals surface area contributed by atoms with Crippen LogP contribution in [0.4, 0.5) is 5.82 Å². The van der Waals surface area contributed by atoms with Gasteiger partial charge in [-0.05, 0) is 51.1 Å². The first-order chi connectivity index (χ1) is 17.4. The molecule has 0 aliphatic carbocycles. The van der Waals surface area contributed by atoms with E-state index >= 15 is 0 Å². The number of aryl methyl sites for hydroxylation is 1. The highest BCUT2D eigenvalue weighted by Gasteiger charge is 2.28. The van der Waals surface area contributed by atoms with Crippen molar-refractivity contribution in [3.8, 4) is 11.1 Å². The summed E-state index contributed by atoms with van der Waals surface area (Å²) in [5.41, 5.74) is 5.12. The molecule has 8 nitrogen and oxygen atoms in total. The minimum atomic E-state index is 0.196. The van der Waals surface area contributed by atoms with Crippen molar-refractivity contribution in [2.75, 3.05) is 39.3 Å². The molecule has 0 saturated carbocycles. The maximum absolute atomic E-state index is 11.6. The molecule has 5 rings (SSSR count). The number of carbonyl (C=O) groups is 1. The quantitative estimate of drug-likeness (QED) is 0.507. The van der Waals surface area contributed by atoms with Crippen LogP contribution in [-0.2, 0) is 4.79 Å². The van der Waals surface area contributed by atoms with Crippen molar-refractivity contribution in [3.63, 3.8) is 0 Å². The molecule has 1 aromatic carbocycles. The van der Waals surface area contributed by atoms with Crippen LogP contribution in [0.3, 0.4) is 0 Å². The van der Waals surface area contributed by atoms with E-state index in [1.54, 1.807) is 6.92 Å². The van der Waals surface area contributed by atoms with E-state index in [9.17, 15) is 4.79 Å². The molecule has 2 fully saturated rings. The van der Waals surface area contributed by atoms with Crippen molar-refractivity contribution in [3.05, 3.63) is 47.9 Å². The largest absolute Gasteiger partial charge is 0.371 e. The molecule has 0 unspecified atom stereocenters. The van der Waals surface area contributed by atoms with Crippen molar-refractivity contribution < 1.29 is 4.79 Å². The van der Waals surface area contributed by atoms with E-state index in [1.165, 1.54) is 0 Å². The summed E-state index contributed by atoms with van der Waals surface area (Å²) >= 11 is 0. The van der Waals surface area contributed by atoms with Crippen LogP contribution >= 0.6 is 0 Å². The van der Waals surface area contributed by atoms with Gasteiger partial charge in [0.25, 0.3) is 0 Å². The van der Waals surface area contributed by atoms with Crippen LogP contribution < -0.4 is 0 Å². The van der Waals surface area contributed by atoms with Crippen molar-refractivity contribution >= 4 is 35.5 Å². The molecule has 188 valence electrons. The lowest BCUT2D eigenvalue weighted by Crippen LogP contribution is -2.53. The summed E-state index contributed by atoms with van der Waals surface area (Å²) in [6.07, 6.45) is 6.08. The third kappa shape index (κ3) is 4.78. The van der Waals surface area contributed by atoms with E-state index in [4.69, 9.17) is 0 Å². The number of rotatable bonds is 5. The third-order valence-electron chi connectivity index (χ3n) is 7.60. The number of allylic oxidation sites excluding steroid dienone is 1. The number of amides is 1. The van der Waals surface area contributed by atoms with E-state index in [1.807, 2.05) is 40.9 Å². The highest BCUT2D eigenvalue weighted by Crippen LogP contribution is 2.35. The molecule has 1 amide bonds. The summed E-state index contributed by atoms with van der Waals surface area (Å²) in [6, 6.07) is 10.8. The van der Waals surface area contributed by atoms with Gasteiger partial charge in [-0.15, -0.1) is 0 Å². The maximum atomic E-state index is 11.6. The number of nitrogens with zero attached hydrogens (tertiary/aromatic N) is 7. The Balaban J connectivity index is 1.30. The molecule has 2 aromatic heterocycles. The van der Waals surface area contributed by atoms with Gasteiger partial charge in [0.1, 0.15) is 0 Å².